The Balaban J connectivity index is 2.26. The smallest absolute Gasteiger partial charge is 0.165 e. The molecule has 2 rings (SSSR count). The number of rotatable bonds is 0. The lowest BCUT2D eigenvalue weighted by molar-refractivity contribution is 0.343. The fourth-order valence-corrected chi connectivity index (χ4v) is 1.48. The summed E-state index contributed by atoms with van der Waals surface area (Å²) in [6.45, 7) is 0. The Hall–Kier alpha value is -2.61. The first-order valence-electron chi connectivity index (χ1n) is 6.09. The van der Waals surface area contributed by atoms with Gasteiger partial charge in [-0.25, -0.2) is 0 Å². The summed E-state index contributed by atoms with van der Waals surface area (Å²) in [7, 11) is 0. The molecule has 0 radical (unpaired) electrons. The molecular formula is C17H15NO. The Labute approximate surface area is 113 Å². The zero-order chi connectivity index (χ0) is 13.2. The monoisotopic (exact) mass is 249 g/mol. The Kier molecular flexibility index (Phi) is 5.18. The fraction of sp³-hybridized carbons (Fsp3) is 0. The minimum absolute atomic E-state index is 0.734. The maximum absolute atomic E-state index is 5.37. The summed E-state index contributed by atoms with van der Waals surface area (Å²) in [6, 6.07) is 7.77. The van der Waals surface area contributed by atoms with Gasteiger partial charge in [-0.3, -0.25) is 0 Å². The van der Waals surface area contributed by atoms with E-state index in [-0.39, 0.29) is 0 Å². The number of nitrogens with zero attached hydrogens (tertiary/aromatic N) is 1. The molecule has 0 fully saturated rings. The van der Waals surface area contributed by atoms with Crippen LogP contribution in [0.25, 0.3) is 6.08 Å². The highest BCUT2D eigenvalue weighted by molar-refractivity contribution is 5.71. The molecule has 0 bridgehead atoms. The number of allylic oxidation sites excluding steroid dienone is 9. The van der Waals surface area contributed by atoms with Gasteiger partial charge >= 0.3 is 0 Å². The van der Waals surface area contributed by atoms with Crippen molar-refractivity contribution in [3.05, 3.63) is 84.5 Å². The maximum atomic E-state index is 5.37. The van der Waals surface area contributed by atoms with Crippen LogP contribution in [0.1, 0.15) is 5.56 Å². The second-order valence-electron chi connectivity index (χ2n) is 3.78. The first kappa shape index (κ1) is 12.8. The highest BCUT2D eigenvalue weighted by atomic mass is 16.6. The molecule has 2 nitrogen and oxygen atoms in total. The largest absolute Gasteiger partial charge is 0.356 e. The quantitative estimate of drug-likeness (QED) is 0.671. The Morgan fingerprint density at radius 1 is 0.684 bits per heavy atom. The number of para-hydroxylation sites is 1. The number of oxime groups is 1. The van der Waals surface area contributed by atoms with Crippen molar-refractivity contribution in [1.82, 2.24) is 0 Å². The van der Waals surface area contributed by atoms with E-state index in [1.807, 2.05) is 85.0 Å². The van der Waals surface area contributed by atoms with Crippen LogP contribution >= 0.6 is 0 Å². The van der Waals surface area contributed by atoms with Gasteiger partial charge in [-0.15, -0.1) is 0 Å². The molecule has 0 unspecified atom stereocenters. The van der Waals surface area contributed by atoms with Gasteiger partial charge in [0.15, 0.2) is 5.75 Å². The summed E-state index contributed by atoms with van der Waals surface area (Å²) >= 11 is 0. The van der Waals surface area contributed by atoms with Crippen molar-refractivity contribution in [3.8, 4) is 5.75 Å². The van der Waals surface area contributed by atoms with E-state index in [0.29, 0.717) is 0 Å². The van der Waals surface area contributed by atoms with Crippen LogP contribution in [-0.2, 0) is 0 Å². The number of hydrogen-bond acceptors (Lipinski definition) is 2. The summed E-state index contributed by atoms with van der Waals surface area (Å²) < 4.78 is 0. The Bertz CT molecular complexity index is 575. The zero-order valence-electron chi connectivity index (χ0n) is 10.5. The van der Waals surface area contributed by atoms with Gasteiger partial charge in [0.2, 0.25) is 0 Å². The van der Waals surface area contributed by atoms with Gasteiger partial charge in [-0.1, -0.05) is 78.0 Å². The minimum atomic E-state index is 0.734. The van der Waals surface area contributed by atoms with Gasteiger partial charge < -0.3 is 4.84 Å². The van der Waals surface area contributed by atoms with Crippen LogP contribution in [0.2, 0.25) is 0 Å². The minimum Gasteiger partial charge on any atom is -0.356 e. The molecule has 0 aliphatic carbocycles. The van der Waals surface area contributed by atoms with Crippen molar-refractivity contribution in [3.63, 3.8) is 0 Å². The van der Waals surface area contributed by atoms with Crippen molar-refractivity contribution in [2.45, 2.75) is 0 Å². The van der Waals surface area contributed by atoms with Crippen molar-refractivity contribution in [2.75, 3.05) is 0 Å². The topological polar surface area (TPSA) is 21.6 Å². The molecule has 0 aromatic heterocycles. The third-order valence-electron chi connectivity index (χ3n) is 2.38. The molecule has 0 saturated carbocycles. The predicted octanol–water partition coefficient (Wildman–Crippen LogP) is 4.30. The van der Waals surface area contributed by atoms with Crippen LogP contribution in [0.5, 0.6) is 5.75 Å². The van der Waals surface area contributed by atoms with E-state index in [9.17, 15) is 0 Å². The van der Waals surface area contributed by atoms with Crippen LogP contribution in [0.3, 0.4) is 0 Å². The van der Waals surface area contributed by atoms with Crippen molar-refractivity contribution >= 4 is 12.3 Å². The summed E-state index contributed by atoms with van der Waals surface area (Å²) in [5.41, 5.74) is 0.991. The average Bonchev–Trinajstić information content (AvgIpc) is 2.45. The molecule has 1 aromatic carbocycles. The molecule has 1 heterocycles. The van der Waals surface area contributed by atoms with Gasteiger partial charge in [0.05, 0.1) is 6.21 Å². The van der Waals surface area contributed by atoms with Crippen LogP contribution < -0.4 is 4.84 Å². The molecule has 1 aliphatic heterocycles. The standard InChI is InChI=1S/C17H15NO/c1-2-4-6-8-12-16-13-9-10-14-17(16)19-18-15-11-7-5-3-1/h1-15H. The van der Waals surface area contributed by atoms with Crippen LogP contribution in [0, 0.1) is 0 Å². The Morgan fingerprint density at radius 3 is 2.11 bits per heavy atom. The van der Waals surface area contributed by atoms with E-state index in [0.717, 1.165) is 11.3 Å². The van der Waals surface area contributed by atoms with Crippen LogP contribution in [-0.4, -0.2) is 6.21 Å². The van der Waals surface area contributed by atoms with Crippen LogP contribution in [0.4, 0.5) is 0 Å². The van der Waals surface area contributed by atoms with E-state index >= 15 is 0 Å². The number of fused-ring (bicyclic) bond motifs is 1. The summed E-state index contributed by atoms with van der Waals surface area (Å²) in [5.74, 6) is 0.734. The lowest BCUT2D eigenvalue weighted by Gasteiger charge is -2.01. The molecule has 1 aliphatic rings. The van der Waals surface area contributed by atoms with Gasteiger partial charge in [-0.05, 0) is 12.1 Å². The van der Waals surface area contributed by atoms with Crippen molar-refractivity contribution < 1.29 is 4.84 Å². The van der Waals surface area contributed by atoms with Crippen LogP contribution in [0.15, 0.2) is 84.1 Å². The third kappa shape index (κ3) is 4.64. The van der Waals surface area contributed by atoms with Gasteiger partial charge in [-0.2, -0.15) is 0 Å². The molecule has 0 saturated heterocycles. The molecule has 94 valence electrons. The second-order valence-corrected chi connectivity index (χ2v) is 3.78. The zero-order valence-corrected chi connectivity index (χ0v) is 10.5. The molecule has 0 amide bonds. The van der Waals surface area contributed by atoms with Crippen molar-refractivity contribution in [2.24, 2.45) is 5.16 Å². The number of benzene rings is 1. The first-order chi connectivity index (χ1) is 9.47. The van der Waals surface area contributed by atoms with E-state index < -0.39 is 0 Å². The normalized spacial score (nSPS) is 14.5. The maximum Gasteiger partial charge on any atom is 0.165 e. The highest BCUT2D eigenvalue weighted by Gasteiger charge is 1.97. The SMILES string of the molecule is C1=CC=CC=Cc2ccccc2ON=CC=CC=C1. The lowest BCUT2D eigenvalue weighted by atomic mass is 10.2. The van der Waals surface area contributed by atoms with Crippen molar-refractivity contribution in [1.29, 1.82) is 0 Å². The second kappa shape index (κ2) is 7.67. The summed E-state index contributed by atoms with van der Waals surface area (Å²) in [5, 5.41) is 3.91. The molecule has 19 heavy (non-hydrogen) atoms. The van der Waals surface area contributed by atoms with E-state index in [4.69, 9.17) is 4.84 Å². The van der Waals surface area contributed by atoms with Gasteiger partial charge in [0, 0.05) is 5.56 Å². The van der Waals surface area contributed by atoms with Gasteiger partial charge in [0.1, 0.15) is 0 Å². The lowest BCUT2D eigenvalue weighted by Crippen LogP contribution is -1.86. The van der Waals surface area contributed by atoms with E-state index in [1.165, 1.54) is 0 Å². The van der Waals surface area contributed by atoms with E-state index in [1.54, 1.807) is 6.21 Å². The summed E-state index contributed by atoms with van der Waals surface area (Å²) in [4.78, 5) is 5.37. The molecule has 0 spiro atoms. The Morgan fingerprint density at radius 2 is 1.32 bits per heavy atom. The molecule has 0 atom stereocenters. The molecule has 1 aromatic rings. The fourth-order valence-electron chi connectivity index (χ4n) is 1.48. The average molecular weight is 249 g/mol. The molecular weight excluding hydrogens is 234 g/mol. The number of hydrogen-bond donors (Lipinski definition) is 0. The summed E-state index contributed by atoms with van der Waals surface area (Å²) in [6.07, 6.45) is 21.1. The highest BCUT2D eigenvalue weighted by Crippen LogP contribution is 2.19. The molecule has 2 heteroatoms. The third-order valence-corrected chi connectivity index (χ3v) is 2.38. The first-order valence-corrected chi connectivity index (χ1v) is 6.09. The van der Waals surface area contributed by atoms with E-state index in [2.05, 4.69) is 5.16 Å². The van der Waals surface area contributed by atoms with Gasteiger partial charge in [0.25, 0.3) is 0 Å². The molecule has 0 N–H and O–H groups in total. The predicted molar refractivity (Wildman–Crippen MR) is 81.2 cm³/mol.